The summed E-state index contributed by atoms with van der Waals surface area (Å²) < 4.78 is 38.7. The first-order valence-electron chi connectivity index (χ1n) is 7.29. The van der Waals surface area contributed by atoms with Gasteiger partial charge in [0.25, 0.3) is 5.91 Å². The smallest absolute Gasteiger partial charge is 0.333 e. The van der Waals surface area contributed by atoms with Gasteiger partial charge in [-0.15, -0.1) is 11.3 Å². The average Bonchev–Trinajstić information content (AvgIpc) is 3.12. The molecule has 1 aliphatic rings. The van der Waals surface area contributed by atoms with Crippen LogP contribution in [0.2, 0.25) is 5.02 Å². The highest BCUT2D eigenvalue weighted by molar-refractivity contribution is 7.21. The summed E-state index contributed by atoms with van der Waals surface area (Å²) in [6.07, 6.45) is -1.63. The monoisotopic (exact) mass is 372 g/mol. The lowest BCUT2D eigenvalue weighted by atomic mass is 10.00. The fourth-order valence-corrected chi connectivity index (χ4v) is 4.36. The predicted octanol–water partition coefficient (Wildman–Crippen LogP) is 5.14. The molecule has 1 aliphatic carbocycles. The number of fused-ring (bicyclic) bond motifs is 1. The number of hydrogen-bond donors (Lipinski definition) is 1. The number of hydrogen-bond acceptors (Lipinski definition) is 3. The fraction of sp³-hybridized carbons (Fsp3) is 0.375. The normalized spacial score (nSPS) is 17.0. The van der Waals surface area contributed by atoms with Crippen LogP contribution in [-0.2, 0) is 6.18 Å². The maximum absolute atomic E-state index is 12.8. The second-order valence-corrected chi connectivity index (χ2v) is 7.24. The molecule has 1 heterocycles. The molecule has 1 aromatic carbocycles. The molecule has 0 spiro atoms. The van der Waals surface area contributed by atoms with Crippen LogP contribution in [0.25, 0.3) is 10.1 Å². The molecular weight excluding hydrogens is 361 g/mol. The zero-order valence-electron chi connectivity index (χ0n) is 12.3. The molecule has 1 N–H and O–H groups in total. The van der Waals surface area contributed by atoms with Crippen LogP contribution < -0.4 is 5.32 Å². The molecule has 2 aromatic rings. The molecule has 0 atom stereocenters. The minimum Gasteiger partial charge on any atom is -0.333 e. The molecule has 24 heavy (non-hydrogen) atoms. The van der Waals surface area contributed by atoms with Crippen molar-refractivity contribution in [1.29, 1.82) is 5.26 Å². The summed E-state index contributed by atoms with van der Waals surface area (Å²) in [6, 6.07) is 5.33. The van der Waals surface area contributed by atoms with Crippen LogP contribution in [-0.4, -0.2) is 11.4 Å². The first-order valence-corrected chi connectivity index (χ1v) is 8.48. The Morgan fingerprint density at radius 2 is 2.00 bits per heavy atom. The number of thiophene rings is 1. The first-order chi connectivity index (χ1) is 11.3. The molecule has 126 valence electrons. The molecule has 3 nitrogen and oxygen atoms in total. The summed E-state index contributed by atoms with van der Waals surface area (Å²) >= 11 is 7.08. The third-order valence-corrected chi connectivity index (χ3v) is 5.84. The topological polar surface area (TPSA) is 52.9 Å². The molecule has 8 heteroatoms. The minimum absolute atomic E-state index is 0.118. The van der Waals surface area contributed by atoms with Crippen molar-refractivity contribution in [3.63, 3.8) is 0 Å². The highest BCUT2D eigenvalue weighted by Gasteiger charge is 2.37. The number of carbonyl (C=O) groups excluding carboxylic acids is 1. The Hall–Kier alpha value is -1.78. The highest BCUT2D eigenvalue weighted by Crippen LogP contribution is 2.39. The van der Waals surface area contributed by atoms with Gasteiger partial charge in [0, 0.05) is 10.1 Å². The van der Waals surface area contributed by atoms with Crippen LogP contribution >= 0.6 is 22.9 Å². The van der Waals surface area contributed by atoms with Gasteiger partial charge in [0.15, 0.2) is 0 Å². The standard InChI is InChI=1S/C16H12ClF3N2OS/c17-12-10-4-3-9(16(18,19)20)7-11(10)24-13(12)14(23)22-15(8-21)5-1-2-6-15/h3-4,7H,1-2,5-6H2,(H,22,23). The summed E-state index contributed by atoms with van der Waals surface area (Å²) in [5.41, 5.74) is -1.70. The zero-order valence-corrected chi connectivity index (χ0v) is 13.9. The molecular formula is C16H12ClF3N2OS. The van der Waals surface area contributed by atoms with Gasteiger partial charge in [-0.3, -0.25) is 4.79 Å². The number of nitrogens with one attached hydrogen (secondary N) is 1. The second-order valence-electron chi connectivity index (χ2n) is 5.81. The highest BCUT2D eigenvalue weighted by atomic mass is 35.5. The van der Waals surface area contributed by atoms with Crippen molar-refractivity contribution in [2.45, 2.75) is 37.4 Å². The van der Waals surface area contributed by atoms with Crippen LogP contribution in [0.4, 0.5) is 13.2 Å². The molecule has 0 aliphatic heterocycles. The number of carbonyl (C=O) groups is 1. The van der Waals surface area contributed by atoms with E-state index in [9.17, 15) is 23.2 Å². The lowest BCUT2D eigenvalue weighted by Crippen LogP contribution is -2.44. The molecule has 3 rings (SSSR count). The minimum atomic E-state index is -4.46. The molecule has 0 bridgehead atoms. The number of halogens is 4. The van der Waals surface area contributed by atoms with Crippen molar-refractivity contribution in [2.75, 3.05) is 0 Å². The quantitative estimate of drug-likeness (QED) is 0.793. The van der Waals surface area contributed by atoms with Gasteiger partial charge in [-0.25, -0.2) is 0 Å². The Balaban J connectivity index is 1.96. The predicted molar refractivity (Wildman–Crippen MR) is 86.1 cm³/mol. The Labute approximate surface area is 145 Å². The van der Waals surface area contributed by atoms with E-state index in [2.05, 4.69) is 11.4 Å². The maximum Gasteiger partial charge on any atom is 0.416 e. The summed E-state index contributed by atoms with van der Waals surface area (Å²) in [4.78, 5) is 12.6. The SMILES string of the molecule is N#CC1(NC(=O)c2sc3cc(C(F)(F)F)ccc3c2Cl)CCCC1. The second kappa shape index (κ2) is 5.94. The molecule has 1 amide bonds. The van der Waals surface area contributed by atoms with Crippen molar-refractivity contribution in [1.82, 2.24) is 5.32 Å². The Bertz CT molecular complexity index is 847. The molecule has 1 aromatic heterocycles. The molecule has 0 unspecified atom stereocenters. The number of benzene rings is 1. The zero-order chi connectivity index (χ0) is 17.5. The van der Waals surface area contributed by atoms with E-state index in [1.54, 1.807) is 0 Å². The van der Waals surface area contributed by atoms with Crippen LogP contribution in [0.15, 0.2) is 18.2 Å². The van der Waals surface area contributed by atoms with Gasteiger partial charge in [0.05, 0.1) is 16.7 Å². The molecule has 0 radical (unpaired) electrons. The molecule has 1 saturated carbocycles. The van der Waals surface area contributed by atoms with E-state index in [1.165, 1.54) is 6.07 Å². The van der Waals surface area contributed by atoms with E-state index in [0.29, 0.717) is 18.2 Å². The van der Waals surface area contributed by atoms with Crippen molar-refractivity contribution in [3.05, 3.63) is 33.7 Å². The van der Waals surface area contributed by atoms with Crippen molar-refractivity contribution >= 4 is 38.9 Å². The number of nitrogens with zero attached hydrogens (tertiary/aromatic N) is 1. The van der Waals surface area contributed by atoms with Crippen LogP contribution in [0.5, 0.6) is 0 Å². The van der Waals surface area contributed by atoms with Crippen molar-refractivity contribution in [2.24, 2.45) is 0 Å². The summed E-state index contributed by atoms with van der Waals surface area (Å²) in [5.74, 6) is -0.516. The summed E-state index contributed by atoms with van der Waals surface area (Å²) in [5, 5.41) is 12.6. The number of amides is 1. The summed E-state index contributed by atoms with van der Waals surface area (Å²) in [7, 11) is 0. The lowest BCUT2D eigenvalue weighted by molar-refractivity contribution is -0.137. The van der Waals surface area contributed by atoms with Gasteiger partial charge in [-0.2, -0.15) is 18.4 Å². The lowest BCUT2D eigenvalue weighted by Gasteiger charge is -2.21. The number of nitriles is 1. The first kappa shape index (κ1) is 17.1. The van der Waals surface area contributed by atoms with E-state index in [0.717, 1.165) is 36.3 Å². The fourth-order valence-electron chi connectivity index (χ4n) is 2.90. The van der Waals surface area contributed by atoms with E-state index in [1.807, 2.05) is 0 Å². The van der Waals surface area contributed by atoms with Crippen LogP contribution in [0.3, 0.4) is 0 Å². The number of alkyl halides is 3. The third-order valence-electron chi connectivity index (χ3n) is 4.19. The maximum atomic E-state index is 12.8. The third kappa shape index (κ3) is 2.96. The largest absolute Gasteiger partial charge is 0.416 e. The van der Waals surface area contributed by atoms with Gasteiger partial charge in [-0.1, -0.05) is 17.7 Å². The van der Waals surface area contributed by atoms with E-state index in [4.69, 9.17) is 11.6 Å². The van der Waals surface area contributed by atoms with E-state index >= 15 is 0 Å². The molecule has 1 fully saturated rings. The van der Waals surface area contributed by atoms with Crippen LogP contribution in [0, 0.1) is 11.3 Å². The van der Waals surface area contributed by atoms with Gasteiger partial charge in [-0.05, 0) is 37.8 Å². The Morgan fingerprint density at radius 1 is 1.33 bits per heavy atom. The summed E-state index contributed by atoms with van der Waals surface area (Å²) in [6.45, 7) is 0. The van der Waals surface area contributed by atoms with Gasteiger partial charge in [0.1, 0.15) is 10.4 Å². The Morgan fingerprint density at radius 3 is 2.58 bits per heavy atom. The molecule has 0 saturated heterocycles. The number of rotatable bonds is 2. The van der Waals surface area contributed by atoms with Gasteiger partial charge < -0.3 is 5.32 Å². The van der Waals surface area contributed by atoms with E-state index < -0.39 is 23.2 Å². The van der Waals surface area contributed by atoms with Crippen molar-refractivity contribution < 1.29 is 18.0 Å². The Kier molecular flexibility index (Phi) is 4.22. The van der Waals surface area contributed by atoms with Crippen molar-refractivity contribution in [3.8, 4) is 6.07 Å². The van der Waals surface area contributed by atoms with E-state index in [-0.39, 0.29) is 14.6 Å². The van der Waals surface area contributed by atoms with Gasteiger partial charge >= 0.3 is 6.18 Å². The average molecular weight is 373 g/mol. The van der Waals surface area contributed by atoms with Crippen LogP contribution in [0.1, 0.15) is 40.9 Å². The van der Waals surface area contributed by atoms with Gasteiger partial charge in [0.2, 0.25) is 0 Å².